The van der Waals surface area contributed by atoms with Crippen LogP contribution < -0.4 is 9.64 Å². The van der Waals surface area contributed by atoms with E-state index < -0.39 is 23.9 Å². The van der Waals surface area contributed by atoms with Crippen molar-refractivity contribution in [3.63, 3.8) is 0 Å². The third-order valence-electron chi connectivity index (χ3n) is 9.08. The van der Waals surface area contributed by atoms with Crippen molar-refractivity contribution >= 4 is 35.2 Å². The molecular formula is C35H34N6O4. The van der Waals surface area contributed by atoms with Crippen molar-refractivity contribution in [1.82, 2.24) is 10.0 Å². The van der Waals surface area contributed by atoms with Crippen LogP contribution in [0.5, 0.6) is 5.75 Å². The third kappa shape index (κ3) is 5.00. The van der Waals surface area contributed by atoms with Crippen LogP contribution in [0.15, 0.2) is 93.8 Å². The summed E-state index contributed by atoms with van der Waals surface area (Å²) in [4.78, 5) is 42.2. The number of imide groups is 1. The van der Waals surface area contributed by atoms with Crippen LogP contribution in [0.4, 0.5) is 5.69 Å². The van der Waals surface area contributed by atoms with E-state index >= 15 is 0 Å². The van der Waals surface area contributed by atoms with Gasteiger partial charge in [-0.25, -0.2) is 9.91 Å². The monoisotopic (exact) mass is 602 g/mol. The quantitative estimate of drug-likeness (QED) is 0.350. The molecule has 1 aliphatic carbocycles. The molecule has 3 aromatic rings. The highest BCUT2D eigenvalue weighted by molar-refractivity contribution is 6.26. The van der Waals surface area contributed by atoms with Crippen molar-refractivity contribution in [3.05, 3.63) is 101 Å². The van der Waals surface area contributed by atoms with Gasteiger partial charge in [0.05, 0.1) is 24.6 Å². The first-order valence-electron chi connectivity index (χ1n) is 15.3. The van der Waals surface area contributed by atoms with E-state index in [9.17, 15) is 14.4 Å². The van der Waals surface area contributed by atoms with E-state index in [0.29, 0.717) is 11.4 Å². The highest BCUT2D eigenvalue weighted by Gasteiger charge is 2.56. The number of rotatable bonds is 6. The summed E-state index contributed by atoms with van der Waals surface area (Å²) in [5.74, 6) is -0.876. The van der Waals surface area contributed by atoms with Crippen molar-refractivity contribution < 1.29 is 19.1 Å². The largest absolute Gasteiger partial charge is 0.495 e. The number of hydrazone groups is 1. The maximum absolute atomic E-state index is 14.2. The van der Waals surface area contributed by atoms with Crippen LogP contribution in [-0.2, 0) is 14.4 Å². The van der Waals surface area contributed by atoms with Crippen LogP contribution in [0.1, 0.15) is 47.6 Å². The Morgan fingerprint density at radius 3 is 2.38 bits per heavy atom. The summed E-state index contributed by atoms with van der Waals surface area (Å²) in [6.07, 6.45) is 4.96. The lowest BCUT2D eigenvalue weighted by atomic mass is 9.77. The average molecular weight is 603 g/mol. The second-order valence-corrected chi connectivity index (χ2v) is 12.0. The number of para-hydroxylation sites is 2. The number of hydrogen-bond acceptors (Lipinski definition) is 8. The Bertz CT molecular complexity index is 1760. The van der Waals surface area contributed by atoms with Gasteiger partial charge in [-0.2, -0.15) is 10.2 Å². The first kappa shape index (κ1) is 28.6. The molecule has 2 fully saturated rings. The van der Waals surface area contributed by atoms with Crippen LogP contribution in [0.25, 0.3) is 6.08 Å². The highest BCUT2D eigenvalue weighted by Crippen LogP contribution is 2.45. The zero-order chi connectivity index (χ0) is 31.2. The van der Waals surface area contributed by atoms with Crippen LogP contribution >= 0.6 is 0 Å². The van der Waals surface area contributed by atoms with Crippen molar-refractivity contribution in [2.24, 2.45) is 21.4 Å². The lowest BCUT2D eigenvalue weighted by Crippen LogP contribution is -2.45. The van der Waals surface area contributed by atoms with Crippen molar-refractivity contribution in [1.29, 1.82) is 0 Å². The van der Waals surface area contributed by atoms with E-state index in [1.807, 2.05) is 6.92 Å². The summed E-state index contributed by atoms with van der Waals surface area (Å²) in [6, 6.07) is 21.1. The van der Waals surface area contributed by atoms with Gasteiger partial charge in [0.1, 0.15) is 12.3 Å². The molecule has 3 amide bonds. The lowest BCUT2D eigenvalue weighted by Gasteiger charge is -2.30. The Labute approximate surface area is 261 Å². The number of fused-ring (bicyclic) bond motifs is 2. The smallest absolute Gasteiger partial charge is 0.264 e. The van der Waals surface area contributed by atoms with E-state index in [1.54, 1.807) is 29.3 Å². The Morgan fingerprint density at radius 2 is 1.64 bits per heavy atom. The minimum atomic E-state index is -1.03. The predicted molar refractivity (Wildman–Crippen MR) is 169 cm³/mol. The molecule has 45 heavy (non-hydrogen) atoms. The number of nitrogens with zero attached hydrogens (tertiary/aromatic N) is 6. The number of hydrogen-bond donors (Lipinski definition) is 0. The summed E-state index contributed by atoms with van der Waals surface area (Å²) in [7, 11) is 1.48. The van der Waals surface area contributed by atoms with Gasteiger partial charge in [0, 0.05) is 5.92 Å². The molecule has 7 rings (SSSR count). The van der Waals surface area contributed by atoms with Gasteiger partial charge in [0.15, 0.2) is 12.1 Å². The first-order chi connectivity index (χ1) is 21.8. The van der Waals surface area contributed by atoms with Gasteiger partial charge in [0.25, 0.3) is 17.7 Å². The highest BCUT2D eigenvalue weighted by atomic mass is 16.5. The Hall–Kier alpha value is -5.12. The molecule has 4 atom stereocenters. The molecule has 0 unspecified atom stereocenters. The molecule has 3 aromatic carbocycles. The molecule has 10 heteroatoms. The van der Waals surface area contributed by atoms with Gasteiger partial charge in [-0.05, 0) is 68.0 Å². The van der Waals surface area contributed by atoms with Crippen molar-refractivity contribution in [3.8, 4) is 5.75 Å². The molecule has 3 heterocycles. The van der Waals surface area contributed by atoms with Gasteiger partial charge in [-0.3, -0.25) is 19.4 Å². The molecule has 0 bridgehead atoms. The predicted octanol–water partition coefficient (Wildman–Crippen LogP) is 5.43. The van der Waals surface area contributed by atoms with Crippen LogP contribution in [0.3, 0.4) is 0 Å². The number of aryl methyl sites for hydroxylation is 2. The molecule has 0 N–H and O–H groups in total. The zero-order valence-corrected chi connectivity index (χ0v) is 25.5. The number of benzene rings is 3. The van der Waals surface area contributed by atoms with Gasteiger partial charge >= 0.3 is 0 Å². The normalized spacial score (nSPS) is 24.7. The second kappa shape index (κ2) is 11.4. The second-order valence-electron chi connectivity index (χ2n) is 12.0. The van der Waals surface area contributed by atoms with Gasteiger partial charge in [-0.1, -0.05) is 77.0 Å². The van der Waals surface area contributed by atoms with Crippen molar-refractivity contribution in [2.75, 3.05) is 18.6 Å². The van der Waals surface area contributed by atoms with E-state index in [1.165, 1.54) is 17.7 Å². The molecule has 228 valence electrons. The standard InChI is InChI=1S/C35H34N6O4/c1-21-11-15-23(16-12-21)19-25-7-6-8-26-30(25)37-41(32(26)24-17-13-22(2)14-18-24)29(42)20-39-33-31(36-38-39)34(43)40(35(33)44)27-9-4-5-10-28(27)45-3/h4-5,9-19,26,31-33H,6-8,20H2,1-3H3/b25-19-/t26-,31+,32+,33+/m0/s1. The lowest BCUT2D eigenvalue weighted by molar-refractivity contribution is -0.136. The molecule has 0 spiro atoms. The van der Waals surface area contributed by atoms with Crippen molar-refractivity contribution in [2.45, 2.75) is 51.2 Å². The number of methoxy groups -OCH3 is 1. The summed E-state index contributed by atoms with van der Waals surface area (Å²) in [6.45, 7) is 3.86. The molecular weight excluding hydrogens is 568 g/mol. The topological polar surface area (TPSA) is 107 Å². The SMILES string of the molecule is COc1ccccc1N1C(=O)[C@@H]2N=NN(CC(=O)N3N=C4/C(=C\c5ccc(C)cc5)CCC[C@@H]4[C@H]3c3ccc(C)cc3)[C@H]2C1=O. The minimum absolute atomic E-state index is 0.0331. The van der Waals surface area contributed by atoms with Crippen LogP contribution in [0.2, 0.25) is 0 Å². The molecule has 3 aliphatic heterocycles. The number of amides is 3. The van der Waals surface area contributed by atoms with Crippen LogP contribution in [0, 0.1) is 19.8 Å². The fourth-order valence-corrected chi connectivity index (χ4v) is 6.78. The Morgan fingerprint density at radius 1 is 0.933 bits per heavy atom. The molecule has 1 saturated carbocycles. The molecule has 10 nitrogen and oxygen atoms in total. The number of ether oxygens (including phenoxy) is 1. The summed E-state index contributed by atoms with van der Waals surface area (Å²) < 4.78 is 5.40. The first-order valence-corrected chi connectivity index (χ1v) is 15.3. The van der Waals surface area contributed by atoms with E-state index in [2.05, 4.69) is 71.9 Å². The third-order valence-corrected chi connectivity index (χ3v) is 9.08. The van der Waals surface area contributed by atoms with Crippen LogP contribution in [-0.4, -0.2) is 59.2 Å². The Balaban J connectivity index is 1.19. The fourth-order valence-electron chi connectivity index (χ4n) is 6.78. The van der Waals surface area contributed by atoms with Gasteiger partial charge in [0.2, 0.25) is 0 Å². The number of anilines is 1. The van der Waals surface area contributed by atoms with Gasteiger partial charge < -0.3 is 4.74 Å². The molecule has 1 saturated heterocycles. The average Bonchev–Trinajstić information content (AvgIpc) is 3.72. The minimum Gasteiger partial charge on any atom is -0.495 e. The number of carbonyl (C=O) groups is 3. The zero-order valence-electron chi connectivity index (χ0n) is 25.5. The van der Waals surface area contributed by atoms with E-state index in [4.69, 9.17) is 9.84 Å². The summed E-state index contributed by atoms with van der Waals surface area (Å²) in [5, 5.41) is 16.2. The maximum Gasteiger partial charge on any atom is 0.264 e. The fraction of sp³-hybridized carbons (Fsp3) is 0.314. The van der Waals surface area contributed by atoms with Gasteiger partial charge in [-0.15, -0.1) is 0 Å². The molecule has 0 radical (unpaired) electrons. The number of carbonyl (C=O) groups excluding carboxylic acids is 3. The molecule has 4 aliphatic rings. The summed E-state index contributed by atoms with van der Waals surface area (Å²) >= 11 is 0. The number of allylic oxidation sites excluding steroid dienone is 1. The Kier molecular flexibility index (Phi) is 7.27. The van der Waals surface area contributed by atoms with E-state index in [0.717, 1.165) is 52.1 Å². The summed E-state index contributed by atoms with van der Waals surface area (Å²) in [5.41, 5.74) is 6.83. The maximum atomic E-state index is 14.2. The van der Waals surface area contributed by atoms with E-state index in [-0.39, 0.29) is 24.4 Å². The molecule has 0 aromatic heterocycles.